The Kier molecular flexibility index (Phi) is 3.66. The molecule has 0 radical (unpaired) electrons. The topological polar surface area (TPSA) is 63.2 Å². The van der Waals surface area contributed by atoms with Crippen LogP contribution in [-0.2, 0) is 13.1 Å². The SMILES string of the molecule is CCOc1ccccc1C(=O)Nc1nc2c(s1)CNC2. The van der Waals surface area contributed by atoms with E-state index in [1.165, 1.54) is 16.2 Å². The van der Waals surface area contributed by atoms with Gasteiger partial charge in [0, 0.05) is 18.0 Å². The van der Waals surface area contributed by atoms with Crippen molar-refractivity contribution in [1.82, 2.24) is 10.3 Å². The molecular weight excluding hydrogens is 274 g/mol. The summed E-state index contributed by atoms with van der Waals surface area (Å²) < 4.78 is 5.47. The average Bonchev–Trinajstić information content (AvgIpc) is 3.00. The summed E-state index contributed by atoms with van der Waals surface area (Å²) in [6, 6.07) is 7.22. The fourth-order valence-electron chi connectivity index (χ4n) is 2.11. The predicted molar refractivity (Wildman–Crippen MR) is 78.2 cm³/mol. The number of para-hydroxylation sites is 1. The van der Waals surface area contributed by atoms with Gasteiger partial charge >= 0.3 is 0 Å². The second-order valence-electron chi connectivity index (χ2n) is 4.38. The van der Waals surface area contributed by atoms with Crippen molar-refractivity contribution in [3.8, 4) is 5.75 Å². The van der Waals surface area contributed by atoms with Gasteiger partial charge in [-0.25, -0.2) is 4.98 Å². The van der Waals surface area contributed by atoms with E-state index < -0.39 is 0 Å². The molecule has 0 atom stereocenters. The van der Waals surface area contributed by atoms with Crippen LogP contribution in [0.25, 0.3) is 0 Å². The summed E-state index contributed by atoms with van der Waals surface area (Å²) in [6.07, 6.45) is 0. The van der Waals surface area contributed by atoms with E-state index in [0.29, 0.717) is 23.1 Å². The van der Waals surface area contributed by atoms with Crippen LogP contribution in [0.5, 0.6) is 5.75 Å². The number of amides is 1. The highest BCUT2D eigenvalue weighted by molar-refractivity contribution is 7.15. The van der Waals surface area contributed by atoms with E-state index in [1.807, 2.05) is 19.1 Å². The summed E-state index contributed by atoms with van der Waals surface area (Å²) in [7, 11) is 0. The number of nitrogens with one attached hydrogen (secondary N) is 2. The van der Waals surface area contributed by atoms with E-state index in [-0.39, 0.29) is 5.91 Å². The van der Waals surface area contributed by atoms with Gasteiger partial charge in [-0.2, -0.15) is 0 Å². The molecular formula is C14H15N3O2S. The Labute approximate surface area is 121 Å². The Morgan fingerprint density at radius 1 is 1.45 bits per heavy atom. The molecule has 0 saturated heterocycles. The van der Waals surface area contributed by atoms with Crippen LogP contribution in [0.15, 0.2) is 24.3 Å². The molecule has 0 unspecified atom stereocenters. The predicted octanol–water partition coefficient (Wildman–Crippen LogP) is 2.40. The molecule has 3 rings (SSSR count). The maximum Gasteiger partial charge on any atom is 0.261 e. The quantitative estimate of drug-likeness (QED) is 0.907. The van der Waals surface area contributed by atoms with Crippen LogP contribution in [0.4, 0.5) is 5.13 Å². The second kappa shape index (κ2) is 5.60. The monoisotopic (exact) mass is 289 g/mol. The van der Waals surface area contributed by atoms with Gasteiger partial charge < -0.3 is 10.1 Å². The second-order valence-corrected chi connectivity index (χ2v) is 5.46. The molecule has 2 N–H and O–H groups in total. The van der Waals surface area contributed by atoms with E-state index in [1.54, 1.807) is 12.1 Å². The van der Waals surface area contributed by atoms with Crippen LogP contribution >= 0.6 is 11.3 Å². The van der Waals surface area contributed by atoms with E-state index in [4.69, 9.17) is 4.74 Å². The zero-order valence-electron chi connectivity index (χ0n) is 11.1. The lowest BCUT2D eigenvalue weighted by molar-refractivity contribution is 0.102. The molecule has 6 heteroatoms. The number of carbonyl (C=O) groups is 1. The molecule has 1 amide bonds. The van der Waals surface area contributed by atoms with E-state index in [2.05, 4.69) is 15.6 Å². The number of hydrogen-bond donors (Lipinski definition) is 2. The van der Waals surface area contributed by atoms with Gasteiger partial charge in [-0.15, -0.1) is 11.3 Å². The molecule has 1 aliphatic heterocycles. The van der Waals surface area contributed by atoms with Gasteiger partial charge in [0.25, 0.3) is 5.91 Å². The van der Waals surface area contributed by atoms with Gasteiger partial charge in [-0.3, -0.25) is 10.1 Å². The van der Waals surface area contributed by atoms with Crippen molar-refractivity contribution in [2.75, 3.05) is 11.9 Å². The summed E-state index contributed by atoms with van der Waals surface area (Å²) in [6.45, 7) is 4.03. The van der Waals surface area contributed by atoms with Crippen molar-refractivity contribution < 1.29 is 9.53 Å². The molecule has 0 spiro atoms. The molecule has 5 nitrogen and oxygen atoms in total. The third-order valence-corrected chi connectivity index (χ3v) is 4.02. The lowest BCUT2D eigenvalue weighted by Gasteiger charge is -2.09. The first-order valence-electron chi connectivity index (χ1n) is 6.50. The average molecular weight is 289 g/mol. The summed E-state index contributed by atoms with van der Waals surface area (Å²) in [5.41, 5.74) is 1.56. The van der Waals surface area contributed by atoms with Crippen molar-refractivity contribution in [3.63, 3.8) is 0 Å². The summed E-state index contributed by atoms with van der Waals surface area (Å²) in [5.74, 6) is 0.410. The van der Waals surface area contributed by atoms with Crippen molar-refractivity contribution in [2.24, 2.45) is 0 Å². The first-order valence-corrected chi connectivity index (χ1v) is 7.32. The van der Waals surface area contributed by atoms with E-state index in [9.17, 15) is 4.79 Å². The number of nitrogens with zero attached hydrogens (tertiary/aromatic N) is 1. The van der Waals surface area contributed by atoms with Crippen molar-refractivity contribution in [1.29, 1.82) is 0 Å². The van der Waals surface area contributed by atoms with Crippen LogP contribution in [0.3, 0.4) is 0 Å². The number of thiazole rings is 1. The number of hydrogen-bond acceptors (Lipinski definition) is 5. The molecule has 1 aromatic carbocycles. The van der Waals surface area contributed by atoms with E-state index in [0.717, 1.165) is 18.8 Å². The van der Waals surface area contributed by atoms with Gasteiger partial charge in [0.1, 0.15) is 5.75 Å². The fourth-order valence-corrected chi connectivity index (χ4v) is 3.05. The van der Waals surface area contributed by atoms with Gasteiger partial charge in [-0.1, -0.05) is 12.1 Å². The Hall–Kier alpha value is -1.92. The van der Waals surface area contributed by atoms with Gasteiger partial charge in [-0.05, 0) is 19.1 Å². The smallest absolute Gasteiger partial charge is 0.261 e. The molecule has 2 aromatic rings. The Bertz CT molecular complexity index is 618. The number of carbonyl (C=O) groups excluding carboxylic acids is 1. The molecule has 2 heterocycles. The van der Waals surface area contributed by atoms with Crippen LogP contribution in [0.1, 0.15) is 27.9 Å². The summed E-state index contributed by atoms with van der Waals surface area (Å²) >= 11 is 1.52. The summed E-state index contributed by atoms with van der Waals surface area (Å²) in [4.78, 5) is 17.9. The zero-order valence-corrected chi connectivity index (χ0v) is 11.9. The highest BCUT2D eigenvalue weighted by atomic mass is 32.1. The van der Waals surface area contributed by atoms with E-state index >= 15 is 0 Å². The van der Waals surface area contributed by atoms with Crippen LogP contribution in [-0.4, -0.2) is 17.5 Å². The maximum absolute atomic E-state index is 12.3. The fraction of sp³-hybridized carbons (Fsp3) is 0.286. The highest BCUT2D eigenvalue weighted by Gasteiger charge is 2.19. The maximum atomic E-state index is 12.3. The lowest BCUT2D eigenvalue weighted by atomic mass is 10.2. The zero-order chi connectivity index (χ0) is 13.9. The van der Waals surface area contributed by atoms with Crippen molar-refractivity contribution >= 4 is 22.4 Å². The Morgan fingerprint density at radius 2 is 2.30 bits per heavy atom. The number of fused-ring (bicyclic) bond motifs is 1. The van der Waals surface area contributed by atoms with Crippen LogP contribution < -0.4 is 15.4 Å². The van der Waals surface area contributed by atoms with Crippen LogP contribution in [0, 0.1) is 0 Å². The molecule has 0 fully saturated rings. The van der Waals surface area contributed by atoms with Gasteiger partial charge in [0.15, 0.2) is 5.13 Å². The molecule has 0 aliphatic carbocycles. The third kappa shape index (κ3) is 2.52. The molecule has 104 valence electrons. The van der Waals surface area contributed by atoms with Crippen molar-refractivity contribution in [2.45, 2.75) is 20.0 Å². The minimum atomic E-state index is -0.186. The highest BCUT2D eigenvalue weighted by Crippen LogP contribution is 2.27. The molecule has 1 aliphatic rings. The van der Waals surface area contributed by atoms with Crippen molar-refractivity contribution in [3.05, 3.63) is 40.4 Å². The Balaban J connectivity index is 1.78. The third-order valence-electron chi connectivity index (χ3n) is 3.01. The number of anilines is 1. The first kappa shape index (κ1) is 13.1. The number of aromatic nitrogens is 1. The normalized spacial score (nSPS) is 13.1. The standard InChI is InChI=1S/C14H15N3O2S/c1-2-19-11-6-4-3-5-9(11)13(18)17-14-16-10-7-15-8-12(10)20-14/h3-6,15H,2,7-8H2,1H3,(H,16,17,18). The number of ether oxygens (including phenoxy) is 1. The minimum Gasteiger partial charge on any atom is -0.493 e. The van der Waals surface area contributed by atoms with Crippen LogP contribution in [0.2, 0.25) is 0 Å². The first-order chi connectivity index (χ1) is 9.78. The lowest BCUT2D eigenvalue weighted by Crippen LogP contribution is -2.13. The number of benzene rings is 1. The largest absolute Gasteiger partial charge is 0.493 e. The van der Waals surface area contributed by atoms with Gasteiger partial charge in [0.05, 0.1) is 17.9 Å². The summed E-state index contributed by atoms with van der Waals surface area (Å²) in [5, 5.41) is 6.71. The Morgan fingerprint density at radius 3 is 3.10 bits per heavy atom. The molecule has 20 heavy (non-hydrogen) atoms. The minimum absolute atomic E-state index is 0.186. The molecule has 0 saturated carbocycles. The van der Waals surface area contributed by atoms with Gasteiger partial charge in [0.2, 0.25) is 0 Å². The molecule has 0 bridgehead atoms. The molecule has 1 aromatic heterocycles. The number of rotatable bonds is 4.